The third-order valence-corrected chi connectivity index (χ3v) is 6.37. The highest BCUT2D eigenvalue weighted by Crippen LogP contribution is 2.31. The average Bonchev–Trinajstić information content (AvgIpc) is 3.28. The predicted octanol–water partition coefficient (Wildman–Crippen LogP) is -3.91. The lowest BCUT2D eigenvalue weighted by molar-refractivity contribution is -0.367. The molecule has 2 aliphatic heterocycles. The molecule has 0 aliphatic carbocycles. The number of aliphatic carboxylic acids is 1. The Balaban J connectivity index is 1.70. The van der Waals surface area contributed by atoms with Crippen molar-refractivity contribution in [2.75, 3.05) is 19.8 Å². The Morgan fingerprint density at radius 3 is 2.56 bits per heavy atom. The Bertz CT molecular complexity index is 750. The minimum Gasteiger partial charge on any atom is -0.480 e. The molecule has 182 valence electrons. The monoisotopic (exact) mass is 481 g/mol. The van der Waals surface area contributed by atoms with Crippen molar-refractivity contribution in [1.29, 1.82) is 0 Å². The van der Waals surface area contributed by atoms with E-state index in [-0.39, 0.29) is 0 Å². The van der Waals surface area contributed by atoms with Crippen LogP contribution in [0.3, 0.4) is 0 Å². The molecule has 3 rings (SSSR count). The number of carboxylic acids is 1. The third kappa shape index (κ3) is 5.11. The Hall–Kier alpha value is -1.27. The molecule has 0 spiro atoms. The molecule has 14 heteroatoms. The number of hydrogen-bond acceptors (Lipinski definition) is 13. The van der Waals surface area contributed by atoms with Gasteiger partial charge in [0.15, 0.2) is 6.29 Å². The maximum atomic E-state index is 11.6. The van der Waals surface area contributed by atoms with Gasteiger partial charge in [0.05, 0.1) is 19.8 Å². The fourth-order valence-corrected chi connectivity index (χ4v) is 4.34. The molecule has 0 bridgehead atoms. The summed E-state index contributed by atoms with van der Waals surface area (Å²) in [6.45, 7) is -1.80. The molecule has 3 heterocycles. The molecule has 10 atom stereocenters. The van der Waals surface area contributed by atoms with Crippen molar-refractivity contribution < 1.29 is 59.9 Å². The Kier molecular flexibility index (Phi) is 8.19. The third-order valence-electron chi connectivity index (χ3n) is 5.43. The molecule has 0 aromatic carbocycles. The first-order chi connectivity index (χ1) is 15.1. The number of carboxylic acid groups (broad SMARTS) is 1. The lowest BCUT2D eigenvalue weighted by Gasteiger charge is -2.47. The topological polar surface area (TPSA) is 219 Å². The largest absolute Gasteiger partial charge is 0.480 e. The van der Waals surface area contributed by atoms with Gasteiger partial charge in [-0.25, -0.2) is 0 Å². The molecule has 32 heavy (non-hydrogen) atoms. The molecular formula is C18H27NO12S. The van der Waals surface area contributed by atoms with Crippen LogP contribution in [0.15, 0.2) is 17.5 Å². The number of hydrogen-bond donors (Lipinski definition) is 9. The molecule has 0 radical (unpaired) electrons. The van der Waals surface area contributed by atoms with Crippen molar-refractivity contribution in [3.8, 4) is 0 Å². The van der Waals surface area contributed by atoms with Crippen molar-refractivity contribution >= 4 is 17.3 Å². The fourth-order valence-electron chi connectivity index (χ4n) is 3.55. The molecule has 0 amide bonds. The highest BCUT2D eigenvalue weighted by Gasteiger charge is 2.53. The molecule has 13 nitrogen and oxygen atoms in total. The van der Waals surface area contributed by atoms with E-state index in [9.17, 15) is 45.6 Å². The zero-order valence-electron chi connectivity index (χ0n) is 16.7. The second kappa shape index (κ2) is 10.3. The van der Waals surface area contributed by atoms with Crippen molar-refractivity contribution in [2.45, 2.75) is 60.8 Å². The molecule has 9 N–H and O–H groups in total. The second-order valence-corrected chi connectivity index (χ2v) is 8.61. The van der Waals surface area contributed by atoms with Gasteiger partial charge in [-0.15, -0.1) is 11.3 Å². The van der Waals surface area contributed by atoms with Gasteiger partial charge in [0.2, 0.25) is 5.79 Å². The first kappa shape index (κ1) is 25.4. The van der Waals surface area contributed by atoms with Crippen molar-refractivity contribution in [1.82, 2.24) is 5.32 Å². The van der Waals surface area contributed by atoms with E-state index in [0.717, 1.165) is 0 Å². The summed E-state index contributed by atoms with van der Waals surface area (Å²) in [7, 11) is 0. The summed E-state index contributed by atoms with van der Waals surface area (Å²) in [5.74, 6) is -3.61. The smallest absolute Gasteiger partial charge is 0.326 e. The number of aliphatic hydroxyl groups excluding tert-OH is 6. The SMILES string of the molecule is O=C(O)C(NCC1(O)OCC(O)C(OC2OC(CO)C(O)C(O)C2O)C1O)c1cccs1. The van der Waals surface area contributed by atoms with E-state index < -0.39 is 86.6 Å². The van der Waals surface area contributed by atoms with E-state index in [4.69, 9.17) is 14.2 Å². The van der Waals surface area contributed by atoms with Crippen LogP contribution < -0.4 is 5.32 Å². The molecule has 2 fully saturated rings. The van der Waals surface area contributed by atoms with E-state index in [1.807, 2.05) is 0 Å². The summed E-state index contributed by atoms with van der Waals surface area (Å²) in [6.07, 6.45) is -13.2. The number of nitrogens with one attached hydrogen (secondary N) is 1. The van der Waals surface area contributed by atoms with E-state index in [2.05, 4.69) is 5.32 Å². The highest BCUT2D eigenvalue weighted by atomic mass is 32.1. The van der Waals surface area contributed by atoms with E-state index >= 15 is 0 Å². The number of thiophene rings is 1. The molecule has 1 aromatic rings. The van der Waals surface area contributed by atoms with Gasteiger partial charge in [-0.05, 0) is 11.4 Å². The van der Waals surface area contributed by atoms with Crippen LogP contribution in [0.2, 0.25) is 0 Å². The van der Waals surface area contributed by atoms with Gasteiger partial charge >= 0.3 is 5.97 Å². The summed E-state index contributed by atoms with van der Waals surface area (Å²) >= 11 is 1.17. The minimum absolute atomic E-state index is 0.445. The van der Waals surface area contributed by atoms with Crippen LogP contribution in [-0.4, -0.2) is 121 Å². The standard InChI is InChI=1S/C18H27NO12S/c20-4-8-11(22)12(23)13(24)17(30-8)31-14-7(21)5-29-18(28,15(14)25)6-19-10(16(26)27)9-2-1-3-32-9/h1-3,7-8,10-15,17,19-25,28H,4-6H2,(H,26,27). The van der Waals surface area contributed by atoms with Gasteiger partial charge in [-0.3, -0.25) is 10.1 Å². The number of carbonyl (C=O) groups is 1. The summed E-state index contributed by atoms with van der Waals surface area (Å²) in [5.41, 5.74) is 0. The van der Waals surface area contributed by atoms with Crippen LogP contribution in [-0.2, 0) is 19.0 Å². The van der Waals surface area contributed by atoms with Gasteiger partial charge in [0.1, 0.15) is 48.8 Å². The molecule has 0 saturated carbocycles. The van der Waals surface area contributed by atoms with Crippen LogP contribution in [0, 0.1) is 0 Å². The van der Waals surface area contributed by atoms with Crippen LogP contribution in [0.4, 0.5) is 0 Å². The first-order valence-corrected chi connectivity index (χ1v) is 10.6. The Morgan fingerprint density at radius 1 is 1.25 bits per heavy atom. The summed E-state index contributed by atoms with van der Waals surface area (Å²) in [5, 5.41) is 84.5. The van der Waals surface area contributed by atoms with Gasteiger partial charge in [0.25, 0.3) is 0 Å². The normalized spacial score (nSPS) is 41.3. The molecule has 10 unspecified atom stereocenters. The van der Waals surface area contributed by atoms with Crippen LogP contribution in [0.1, 0.15) is 10.9 Å². The maximum absolute atomic E-state index is 11.6. The lowest BCUT2D eigenvalue weighted by atomic mass is 9.95. The lowest BCUT2D eigenvalue weighted by Crippen LogP contribution is -2.67. The predicted molar refractivity (Wildman–Crippen MR) is 104 cm³/mol. The van der Waals surface area contributed by atoms with Crippen molar-refractivity contribution in [3.05, 3.63) is 22.4 Å². The molecule has 2 saturated heterocycles. The zero-order chi connectivity index (χ0) is 23.6. The van der Waals surface area contributed by atoms with Gasteiger partial charge in [-0.1, -0.05) is 6.07 Å². The average molecular weight is 481 g/mol. The number of ether oxygens (including phenoxy) is 3. The van der Waals surface area contributed by atoms with Gasteiger partial charge < -0.3 is 55.1 Å². The zero-order valence-corrected chi connectivity index (χ0v) is 17.5. The first-order valence-electron chi connectivity index (χ1n) is 9.77. The summed E-state index contributed by atoms with van der Waals surface area (Å²) in [4.78, 5) is 12.0. The van der Waals surface area contributed by atoms with E-state index in [0.29, 0.717) is 4.88 Å². The maximum Gasteiger partial charge on any atom is 0.326 e. The van der Waals surface area contributed by atoms with Crippen LogP contribution in [0.25, 0.3) is 0 Å². The minimum atomic E-state index is -2.39. The van der Waals surface area contributed by atoms with Crippen LogP contribution >= 0.6 is 11.3 Å². The van der Waals surface area contributed by atoms with E-state index in [1.165, 1.54) is 11.3 Å². The molecular weight excluding hydrogens is 454 g/mol. The Labute approximate surface area is 186 Å². The molecule has 1 aromatic heterocycles. The second-order valence-electron chi connectivity index (χ2n) is 7.63. The van der Waals surface area contributed by atoms with Crippen molar-refractivity contribution in [2.24, 2.45) is 0 Å². The highest BCUT2D eigenvalue weighted by molar-refractivity contribution is 7.10. The quantitative estimate of drug-likeness (QED) is 0.174. The van der Waals surface area contributed by atoms with Gasteiger partial charge in [-0.2, -0.15) is 0 Å². The van der Waals surface area contributed by atoms with Gasteiger partial charge in [0, 0.05) is 4.88 Å². The summed E-state index contributed by atoms with van der Waals surface area (Å²) < 4.78 is 15.8. The van der Waals surface area contributed by atoms with E-state index in [1.54, 1.807) is 17.5 Å². The Morgan fingerprint density at radius 2 is 1.97 bits per heavy atom. The number of aliphatic hydroxyl groups is 7. The molecule has 2 aliphatic rings. The fraction of sp³-hybridized carbons (Fsp3) is 0.722. The van der Waals surface area contributed by atoms with Crippen LogP contribution in [0.5, 0.6) is 0 Å². The van der Waals surface area contributed by atoms with Crippen molar-refractivity contribution in [3.63, 3.8) is 0 Å². The summed E-state index contributed by atoms with van der Waals surface area (Å²) in [6, 6.07) is 2.03. The number of rotatable bonds is 8.